The van der Waals surface area contributed by atoms with Gasteiger partial charge in [0, 0.05) is 25.7 Å². The van der Waals surface area contributed by atoms with Gasteiger partial charge in [0.15, 0.2) is 0 Å². The van der Waals surface area contributed by atoms with Crippen molar-refractivity contribution in [3.63, 3.8) is 0 Å². The van der Waals surface area contributed by atoms with Gasteiger partial charge in [-0.1, -0.05) is 57.2 Å². The third-order valence-corrected chi connectivity index (χ3v) is 6.86. The van der Waals surface area contributed by atoms with E-state index in [2.05, 4.69) is 31.4 Å². The second-order valence-corrected chi connectivity index (χ2v) is 12.4. The summed E-state index contributed by atoms with van der Waals surface area (Å²) in [5.74, 6) is -0.224. The molecule has 3 rings (SSSR count). The normalized spacial score (nSPS) is 16.6. The molecule has 1 amide bonds. The van der Waals surface area contributed by atoms with E-state index in [-0.39, 0.29) is 42.6 Å². The van der Waals surface area contributed by atoms with Crippen molar-refractivity contribution in [1.82, 2.24) is 10.2 Å². The maximum Gasteiger partial charge on any atom is 0.410 e. The standard InChI is InChI=1S/C31H46N4O4/c1-30(2,3)27(18-28(36)38-21-22-11-8-7-9-12-22)34-19-23-14-15-26(25(32)17-23)33-20-24-13-10-16-35(24)29(37)39-31(4,5)6/h7-9,11-12,14-15,17,24,27,33-34H,10,13,16,18-21,32H2,1-6H3/t24-,27-/m0/s1. The molecule has 8 nitrogen and oxygen atoms in total. The number of rotatable bonds is 10. The largest absolute Gasteiger partial charge is 0.461 e. The Morgan fingerprint density at radius 3 is 2.41 bits per heavy atom. The summed E-state index contributed by atoms with van der Waals surface area (Å²) in [5.41, 5.74) is 9.22. The maximum absolute atomic E-state index is 12.6. The Bertz CT molecular complexity index is 1090. The predicted molar refractivity (Wildman–Crippen MR) is 156 cm³/mol. The highest BCUT2D eigenvalue weighted by molar-refractivity contribution is 5.71. The number of nitrogens with zero attached hydrogens (tertiary/aromatic N) is 1. The highest BCUT2D eigenvalue weighted by Gasteiger charge is 2.32. The lowest BCUT2D eigenvalue weighted by Crippen LogP contribution is -2.42. The Balaban J connectivity index is 1.52. The minimum atomic E-state index is -0.513. The van der Waals surface area contributed by atoms with E-state index in [0.717, 1.165) is 29.7 Å². The van der Waals surface area contributed by atoms with Crippen molar-refractivity contribution < 1.29 is 19.1 Å². The van der Waals surface area contributed by atoms with Crippen LogP contribution in [0.1, 0.15) is 71.9 Å². The van der Waals surface area contributed by atoms with Crippen LogP contribution in [-0.4, -0.2) is 47.7 Å². The molecule has 0 unspecified atom stereocenters. The van der Waals surface area contributed by atoms with Gasteiger partial charge in [-0.15, -0.1) is 0 Å². The molecule has 8 heteroatoms. The zero-order valence-electron chi connectivity index (χ0n) is 24.4. The summed E-state index contributed by atoms with van der Waals surface area (Å²) in [6, 6.07) is 15.6. The van der Waals surface area contributed by atoms with E-state index >= 15 is 0 Å². The van der Waals surface area contributed by atoms with E-state index in [1.54, 1.807) is 0 Å². The summed E-state index contributed by atoms with van der Waals surface area (Å²) in [6.07, 6.45) is 1.90. The van der Waals surface area contributed by atoms with Crippen molar-refractivity contribution in [2.75, 3.05) is 24.1 Å². The van der Waals surface area contributed by atoms with Gasteiger partial charge in [-0.3, -0.25) is 4.79 Å². The van der Waals surface area contributed by atoms with Gasteiger partial charge in [0.25, 0.3) is 0 Å². The van der Waals surface area contributed by atoms with Crippen molar-refractivity contribution in [2.24, 2.45) is 5.41 Å². The smallest absolute Gasteiger partial charge is 0.410 e. The zero-order chi connectivity index (χ0) is 28.6. The fraction of sp³-hybridized carbons (Fsp3) is 0.548. The topological polar surface area (TPSA) is 106 Å². The van der Waals surface area contributed by atoms with Gasteiger partial charge in [0.1, 0.15) is 12.2 Å². The molecule has 0 spiro atoms. The Morgan fingerprint density at radius 2 is 1.77 bits per heavy atom. The third kappa shape index (κ3) is 9.77. The summed E-state index contributed by atoms with van der Waals surface area (Å²) in [7, 11) is 0. The SMILES string of the molecule is CC(C)(C)OC(=O)N1CCC[C@H]1CNc1ccc(CN[C@@H](CC(=O)OCc2ccccc2)C(C)(C)C)cc1N. The molecule has 1 saturated heterocycles. The van der Waals surface area contributed by atoms with E-state index in [1.807, 2.05) is 74.2 Å². The van der Waals surface area contributed by atoms with Gasteiger partial charge in [-0.2, -0.15) is 0 Å². The van der Waals surface area contributed by atoms with Gasteiger partial charge in [0.2, 0.25) is 0 Å². The van der Waals surface area contributed by atoms with Crippen molar-refractivity contribution in [2.45, 2.75) is 91.6 Å². The average Bonchev–Trinajstić information content (AvgIpc) is 3.32. The molecule has 2 atom stereocenters. The number of likely N-dealkylation sites (tertiary alicyclic amines) is 1. The van der Waals surface area contributed by atoms with E-state index in [9.17, 15) is 9.59 Å². The van der Waals surface area contributed by atoms with Gasteiger partial charge in [-0.05, 0) is 62.3 Å². The molecule has 0 aliphatic carbocycles. The first-order chi connectivity index (χ1) is 18.3. The van der Waals surface area contributed by atoms with Gasteiger partial charge in [-0.25, -0.2) is 4.79 Å². The first-order valence-corrected chi connectivity index (χ1v) is 13.9. The van der Waals surface area contributed by atoms with Crippen LogP contribution in [-0.2, 0) is 27.4 Å². The maximum atomic E-state index is 12.6. The van der Waals surface area contributed by atoms with E-state index < -0.39 is 5.60 Å². The minimum Gasteiger partial charge on any atom is -0.461 e. The molecular weight excluding hydrogens is 492 g/mol. The predicted octanol–water partition coefficient (Wildman–Crippen LogP) is 5.72. The summed E-state index contributed by atoms with van der Waals surface area (Å²) in [6.45, 7) is 14.1. The van der Waals surface area contributed by atoms with Crippen LogP contribution in [0.25, 0.3) is 0 Å². The first-order valence-electron chi connectivity index (χ1n) is 13.9. The molecule has 1 fully saturated rings. The number of nitrogens with one attached hydrogen (secondary N) is 2. The number of ether oxygens (including phenoxy) is 2. The molecule has 0 saturated carbocycles. The molecule has 0 bridgehead atoms. The van der Waals surface area contributed by atoms with E-state index in [4.69, 9.17) is 15.2 Å². The van der Waals surface area contributed by atoms with Crippen LogP contribution >= 0.6 is 0 Å². The molecule has 1 aliphatic heterocycles. The number of amides is 1. The number of carbonyl (C=O) groups excluding carboxylic acids is 2. The molecule has 1 heterocycles. The Hall–Kier alpha value is -3.26. The number of nitrogen functional groups attached to an aromatic ring is 1. The molecule has 39 heavy (non-hydrogen) atoms. The summed E-state index contributed by atoms with van der Waals surface area (Å²) >= 11 is 0. The second-order valence-electron chi connectivity index (χ2n) is 12.4. The molecule has 2 aromatic rings. The monoisotopic (exact) mass is 538 g/mol. The number of carbonyl (C=O) groups is 2. The zero-order valence-corrected chi connectivity index (χ0v) is 24.4. The van der Waals surface area contributed by atoms with E-state index in [0.29, 0.717) is 25.3 Å². The fourth-order valence-corrected chi connectivity index (χ4v) is 4.61. The summed E-state index contributed by atoms with van der Waals surface area (Å²) in [5, 5.41) is 6.95. The average molecular weight is 539 g/mol. The van der Waals surface area contributed by atoms with Crippen LogP contribution in [0, 0.1) is 5.41 Å². The fourth-order valence-electron chi connectivity index (χ4n) is 4.61. The lowest BCUT2D eigenvalue weighted by Gasteiger charge is -2.31. The highest BCUT2D eigenvalue weighted by atomic mass is 16.6. The van der Waals surface area contributed by atoms with Crippen LogP contribution in [0.5, 0.6) is 0 Å². The van der Waals surface area contributed by atoms with Gasteiger partial charge in [0.05, 0.1) is 23.8 Å². The highest BCUT2D eigenvalue weighted by Crippen LogP contribution is 2.26. The first kappa shape index (κ1) is 30.3. The van der Waals surface area contributed by atoms with Crippen LogP contribution in [0.15, 0.2) is 48.5 Å². The van der Waals surface area contributed by atoms with E-state index in [1.165, 1.54) is 0 Å². The number of esters is 1. The van der Waals surface area contributed by atoms with Gasteiger partial charge >= 0.3 is 12.1 Å². The number of hydrogen-bond acceptors (Lipinski definition) is 7. The third-order valence-electron chi connectivity index (χ3n) is 6.86. The van der Waals surface area contributed by atoms with Crippen LogP contribution in [0.2, 0.25) is 0 Å². The molecule has 0 radical (unpaired) electrons. The van der Waals surface area contributed by atoms with Crippen LogP contribution in [0.4, 0.5) is 16.2 Å². The molecule has 214 valence electrons. The lowest BCUT2D eigenvalue weighted by molar-refractivity contribution is -0.146. The lowest BCUT2D eigenvalue weighted by atomic mass is 9.84. The number of anilines is 2. The molecular formula is C31H46N4O4. The van der Waals surface area contributed by atoms with Crippen LogP contribution < -0.4 is 16.4 Å². The number of nitrogens with two attached hydrogens (primary N) is 1. The minimum absolute atomic E-state index is 0.0646. The molecule has 1 aliphatic rings. The molecule has 0 aromatic heterocycles. The Morgan fingerprint density at radius 1 is 1.05 bits per heavy atom. The van der Waals surface area contributed by atoms with Gasteiger partial charge < -0.3 is 30.7 Å². The van der Waals surface area contributed by atoms with Crippen molar-refractivity contribution in [3.8, 4) is 0 Å². The molecule has 2 aromatic carbocycles. The number of hydrogen-bond donors (Lipinski definition) is 3. The number of benzene rings is 2. The van der Waals surface area contributed by atoms with Crippen molar-refractivity contribution in [1.29, 1.82) is 0 Å². The summed E-state index contributed by atoms with van der Waals surface area (Å²) in [4.78, 5) is 27.0. The second kappa shape index (κ2) is 13.2. The quantitative estimate of drug-likeness (QED) is 0.262. The van der Waals surface area contributed by atoms with Crippen LogP contribution in [0.3, 0.4) is 0 Å². The Kier molecular flexibility index (Phi) is 10.2. The van der Waals surface area contributed by atoms with Crippen molar-refractivity contribution in [3.05, 3.63) is 59.7 Å². The van der Waals surface area contributed by atoms with Crippen molar-refractivity contribution >= 4 is 23.4 Å². The Labute approximate surface area is 233 Å². The molecule has 4 N–H and O–H groups in total. The summed E-state index contributed by atoms with van der Waals surface area (Å²) < 4.78 is 11.1.